The van der Waals surface area contributed by atoms with Crippen LogP contribution >= 0.6 is 11.3 Å². The van der Waals surface area contributed by atoms with Crippen LogP contribution in [0.15, 0.2) is 58.8 Å². The molecule has 2 aromatic heterocycles. The molecule has 36 heavy (non-hydrogen) atoms. The van der Waals surface area contributed by atoms with Gasteiger partial charge in [-0.05, 0) is 61.6 Å². The summed E-state index contributed by atoms with van der Waals surface area (Å²) in [6.07, 6.45) is 4.95. The molecule has 0 atom stereocenters. The van der Waals surface area contributed by atoms with Crippen molar-refractivity contribution in [2.45, 2.75) is 38.0 Å². The molecule has 1 aliphatic carbocycles. The molecule has 0 amide bonds. The average molecular weight is 513 g/mol. The lowest BCUT2D eigenvalue weighted by Crippen LogP contribution is -2.17. The summed E-state index contributed by atoms with van der Waals surface area (Å²) in [6.45, 7) is 0. The van der Waals surface area contributed by atoms with E-state index in [1.165, 1.54) is 27.9 Å². The molecular weight excluding hydrogens is 489 g/mol. The molecule has 0 spiro atoms. The van der Waals surface area contributed by atoms with E-state index in [0.29, 0.717) is 27.7 Å². The predicted molar refractivity (Wildman–Crippen MR) is 135 cm³/mol. The quantitative estimate of drug-likeness (QED) is 0.281. The van der Waals surface area contributed by atoms with Crippen molar-refractivity contribution in [3.63, 3.8) is 0 Å². The van der Waals surface area contributed by atoms with Gasteiger partial charge in [-0.3, -0.25) is 9.20 Å². The fourth-order valence-corrected chi connectivity index (χ4v) is 5.12. The number of benzene rings is 2. The molecule has 1 saturated carbocycles. The standard InChI is InChI=1S/C27H23F3N2O3S/c1-34-22-8-4-5-18(24(22)35-20-6-2-3-7-20)11-14-21-23(25(33)32-15-16-36-26(32)31-21)17-9-12-19(13-10-17)27(28,29)30/h4-5,8-16,20H,2-3,6-7H2,1H3. The normalized spacial score (nSPS) is 14.7. The van der Waals surface area contributed by atoms with E-state index in [2.05, 4.69) is 4.98 Å². The Balaban J connectivity index is 1.60. The van der Waals surface area contributed by atoms with E-state index in [-0.39, 0.29) is 17.2 Å². The van der Waals surface area contributed by atoms with Crippen molar-refractivity contribution in [3.8, 4) is 22.6 Å². The molecule has 5 nitrogen and oxygen atoms in total. The maximum Gasteiger partial charge on any atom is 0.416 e. The van der Waals surface area contributed by atoms with E-state index in [4.69, 9.17) is 9.47 Å². The summed E-state index contributed by atoms with van der Waals surface area (Å²) in [5.41, 5.74) is 0.558. The number of rotatable bonds is 6. The van der Waals surface area contributed by atoms with E-state index in [9.17, 15) is 18.0 Å². The SMILES string of the molecule is COc1cccc(C=Cc2nc3sccn3c(=O)c2-c2ccc(C(F)(F)F)cc2)c1OC1CCCC1. The lowest BCUT2D eigenvalue weighted by atomic mass is 10.0. The molecule has 0 unspecified atom stereocenters. The molecule has 2 heterocycles. The van der Waals surface area contributed by atoms with Crippen molar-refractivity contribution in [1.82, 2.24) is 9.38 Å². The second kappa shape index (κ2) is 9.81. The van der Waals surface area contributed by atoms with Crippen molar-refractivity contribution in [2.75, 3.05) is 7.11 Å². The zero-order chi connectivity index (χ0) is 25.3. The highest BCUT2D eigenvalue weighted by molar-refractivity contribution is 7.15. The number of ether oxygens (including phenoxy) is 2. The third-order valence-corrected chi connectivity index (χ3v) is 6.99. The van der Waals surface area contributed by atoms with Gasteiger partial charge in [-0.15, -0.1) is 11.3 Å². The Bertz CT molecular complexity index is 1470. The minimum atomic E-state index is -4.46. The Morgan fingerprint density at radius 1 is 1.08 bits per heavy atom. The summed E-state index contributed by atoms with van der Waals surface area (Å²) >= 11 is 1.30. The molecule has 5 rings (SSSR count). The highest BCUT2D eigenvalue weighted by Gasteiger charge is 2.30. The molecule has 0 saturated heterocycles. The minimum absolute atomic E-state index is 0.112. The summed E-state index contributed by atoms with van der Waals surface area (Å²) in [7, 11) is 1.58. The number of nitrogens with zero attached hydrogens (tertiary/aromatic N) is 2. The van der Waals surface area contributed by atoms with Crippen molar-refractivity contribution in [2.24, 2.45) is 0 Å². The van der Waals surface area contributed by atoms with Crippen LogP contribution in [-0.2, 0) is 6.18 Å². The number of hydrogen-bond acceptors (Lipinski definition) is 5. The molecule has 2 aromatic carbocycles. The fourth-order valence-electron chi connectivity index (χ4n) is 4.41. The summed E-state index contributed by atoms with van der Waals surface area (Å²) in [4.78, 5) is 18.5. The van der Waals surface area contributed by atoms with E-state index >= 15 is 0 Å². The fraction of sp³-hybridized carbons (Fsp3) is 0.259. The highest BCUT2D eigenvalue weighted by atomic mass is 32.1. The van der Waals surface area contributed by atoms with Crippen LogP contribution in [0.2, 0.25) is 0 Å². The van der Waals surface area contributed by atoms with Crippen LogP contribution in [0.3, 0.4) is 0 Å². The van der Waals surface area contributed by atoms with E-state index in [1.54, 1.807) is 30.8 Å². The van der Waals surface area contributed by atoms with Gasteiger partial charge in [-0.25, -0.2) is 4.98 Å². The first kappa shape index (κ1) is 24.1. The Kier molecular flexibility index (Phi) is 6.57. The van der Waals surface area contributed by atoms with Crippen molar-refractivity contribution < 1.29 is 22.6 Å². The molecule has 186 valence electrons. The van der Waals surface area contributed by atoms with Gasteiger partial charge in [0.1, 0.15) is 0 Å². The Labute approximate surface area is 209 Å². The molecule has 0 N–H and O–H groups in total. The first-order chi connectivity index (χ1) is 17.3. The number of fused-ring (bicyclic) bond motifs is 1. The van der Waals surface area contributed by atoms with Gasteiger partial charge < -0.3 is 9.47 Å². The lowest BCUT2D eigenvalue weighted by Gasteiger charge is -2.18. The summed E-state index contributed by atoms with van der Waals surface area (Å²) in [5.74, 6) is 1.22. The number of halogens is 3. The Morgan fingerprint density at radius 2 is 1.83 bits per heavy atom. The van der Waals surface area contributed by atoms with Crippen LogP contribution < -0.4 is 15.0 Å². The van der Waals surface area contributed by atoms with Crippen LogP contribution in [-0.4, -0.2) is 22.6 Å². The first-order valence-electron chi connectivity index (χ1n) is 11.5. The van der Waals surface area contributed by atoms with Gasteiger partial charge in [0, 0.05) is 17.1 Å². The van der Waals surface area contributed by atoms with Crippen LogP contribution in [0.5, 0.6) is 11.5 Å². The highest BCUT2D eigenvalue weighted by Crippen LogP contribution is 2.36. The van der Waals surface area contributed by atoms with Crippen molar-refractivity contribution in [3.05, 3.63) is 81.2 Å². The van der Waals surface area contributed by atoms with E-state index in [1.807, 2.05) is 18.2 Å². The molecule has 9 heteroatoms. The van der Waals surface area contributed by atoms with Gasteiger partial charge in [0.15, 0.2) is 16.5 Å². The number of hydrogen-bond donors (Lipinski definition) is 0. The smallest absolute Gasteiger partial charge is 0.416 e. The topological polar surface area (TPSA) is 52.8 Å². The van der Waals surface area contributed by atoms with Crippen molar-refractivity contribution >= 4 is 28.4 Å². The molecule has 0 aliphatic heterocycles. The summed E-state index contributed by atoms with van der Waals surface area (Å²) < 4.78 is 52.5. The minimum Gasteiger partial charge on any atom is -0.493 e. The van der Waals surface area contributed by atoms with Crippen LogP contribution in [0.1, 0.15) is 42.5 Å². The van der Waals surface area contributed by atoms with E-state index < -0.39 is 11.7 Å². The first-order valence-corrected chi connectivity index (χ1v) is 12.4. The second-order valence-electron chi connectivity index (χ2n) is 8.54. The number of para-hydroxylation sites is 1. The Morgan fingerprint density at radius 3 is 2.53 bits per heavy atom. The summed E-state index contributed by atoms with van der Waals surface area (Å²) in [5, 5.41) is 1.74. The molecule has 0 bridgehead atoms. The van der Waals surface area contributed by atoms with Crippen LogP contribution in [0, 0.1) is 0 Å². The molecule has 4 aromatic rings. The largest absolute Gasteiger partial charge is 0.493 e. The molecular formula is C27H23F3N2O3S. The van der Waals surface area contributed by atoms with Crippen molar-refractivity contribution in [1.29, 1.82) is 0 Å². The zero-order valence-electron chi connectivity index (χ0n) is 19.4. The van der Waals surface area contributed by atoms with Gasteiger partial charge in [-0.2, -0.15) is 13.2 Å². The number of alkyl halides is 3. The molecule has 0 radical (unpaired) electrons. The van der Waals surface area contributed by atoms with E-state index in [0.717, 1.165) is 43.4 Å². The molecule has 1 fully saturated rings. The third kappa shape index (κ3) is 4.75. The van der Waals surface area contributed by atoms with Gasteiger partial charge in [0.2, 0.25) is 0 Å². The monoisotopic (exact) mass is 512 g/mol. The molecule has 1 aliphatic rings. The number of thiazole rings is 1. The maximum absolute atomic E-state index is 13.3. The number of aromatic nitrogens is 2. The van der Waals surface area contributed by atoms with Gasteiger partial charge >= 0.3 is 6.18 Å². The second-order valence-corrected chi connectivity index (χ2v) is 9.42. The summed E-state index contributed by atoms with van der Waals surface area (Å²) in [6, 6.07) is 10.1. The zero-order valence-corrected chi connectivity index (χ0v) is 20.2. The van der Waals surface area contributed by atoms with Gasteiger partial charge in [0.05, 0.1) is 30.0 Å². The third-order valence-electron chi connectivity index (χ3n) is 6.23. The maximum atomic E-state index is 13.3. The van der Waals surface area contributed by atoms with Crippen LogP contribution in [0.25, 0.3) is 28.2 Å². The van der Waals surface area contributed by atoms with Gasteiger partial charge in [-0.1, -0.05) is 24.3 Å². The lowest BCUT2D eigenvalue weighted by molar-refractivity contribution is -0.137. The number of methoxy groups -OCH3 is 1. The Hall–Kier alpha value is -3.59. The predicted octanol–water partition coefficient (Wildman–Crippen LogP) is 6.94. The average Bonchev–Trinajstić information content (AvgIpc) is 3.55. The van der Waals surface area contributed by atoms with Gasteiger partial charge in [0.25, 0.3) is 5.56 Å². The van der Waals surface area contributed by atoms with Crippen LogP contribution in [0.4, 0.5) is 13.2 Å².